The third kappa shape index (κ3) is 2.57. The summed E-state index contributed by atoms with van der Waals surface area (Å²) in [4.78, 5) is 12.0. The van der Waals surface area contributed by atoms with Gasteiger partial charge in [0.25, 0.3) is 5.91 Å². The second-order valence-corrected chi connectivity index (χ2v) is 5.13. The van der Waals surface area contributed by atoms with Crippen LogP contribution in [0.5, 0.6) is 5.75 Å². The van der Waals surface area contributed by atoms with Gasteiger partial charge in [0, 0.05) is 31.6 Å². The molecule has 2 N–H and O–H groups in total. The van der Waals surface area contributed by atoms with Gasteiger partial charge in [-0.1, -0.05) is 0 Å². The first kappa shape index (κ1) is 12.4. The van der Waals surface area contributed by atoms with Crippen LogP contribution in [-0.2, 0) is 11.2 Å². The minimum Gasteiger partial charge on any atom is -0.493 e. The lowest BCUT2D eigenvalue weighted by molar-refractivity contribution is 0.0264. The first-order chi connectivity index (χ1) is 9.16. The zero-order chi connectivity index (χ0) is 13.3. The molecule has 3 rings (SSSR count). The summed E-state index contributed by atoms with van der Waals surface area (Å²) < 4.78 is 10.5. The average molecular weight is 263 g/mol. The SMILES string of the molecule is O=C(NCC1(O)CCOC1)c1ccc2c(c1)CCO2. The van der Waals surface area contributed by atoms with Crippen LogP contribution in [0.25, 0.3) is 0 Å². The molecule has 1 amide bonds. The van der Waals surface area contributed by atoms with E-state index >= 15 is 0 Å². The molecule has 2 aliphatic heterocycles. The van der Waals surface area contributed by atoms with Gasteiger partial charge < -0.3 is 19.9 Å². The molecule has 0 saturated carbocycles. The third-order valence-electron chi connectivity index (χ3n) is 3.61. The Balaban J connectivity index is 1.64. The minimum atomic E-state index is -0.921. The Bertz CT molecular complexity index is 494. The highest BCUT2D eigenvalue weighted by molar-refractivity contribution is 5.94. The molecular weight excluding hydrogens is 246 g/mol. The quantitative estimate of drug-likeness (QED) is 0.833. The summed E-state index contributed by atoms with van der Waals surface area (Å²) in [6, 6.07) is 5.42. The maximum Gasteiger partial charge on any atom is 0.251 e. The number of hydrogen-bond acceptors (Lipinski definition) is 4. The van der Waals surface area contributed by atoms with Crippen molar-refractivity contribution in [3.8, 4) is 5.75 Å². The largest absolute Gasteiger partial charge is 0.493 e. The number of hydrogen-bond donors (Lipinski definition) is 2. The molecule has 1 unspecified atom stereocenters. The van der Waals surface area contributed by atoms with Crippen LogP contribution in [0.4, 0.5) is 0 Å². The van der Waals surface area contributed by atoms with E-state index in [-0.39, 0.29) is 19.1 Å². The third-order valence-corrected chi connectivity index (χ3v) is 3.61. The van der Waals surface area contributed by atoms with Gasteiger partial charge in [-0.3, -0.25) is 4.79 Å². The van der Waals surface area contributed by atoms with Crippen LogP contribution < -0.4 is 10.1 Å². The Kier molecular flexibility index (Phi) is 3.16. The van der Waals surface area contributed by atoms with Crippen molar-refractivity contribution in [2.24, 2.45) is 0 Å². The topological polar surface area (TPSA) is 67.8 Å². The number of carbonyl (C=O) groups excluding carboxylic acids is 1. The predicted octanol–water partition coefficient (Wildman–Crippen LogP) is 0.503. The molecule has 0 aromatic heterocycles. The summed E-state index contributed by atoms with van der Waals surface area (Å²) in [5.41, 5.74) is 0.748. The van der Waals surface area contributed by atoms with Crippen LogP contribution in [-0.4, -0.2) is 43.0 Å². The molecule has 1 saturated heterocycles. The van der Waals surface area contributed by atoms with Crippen molar-refractivity contribution in [1.82, 2.24) is 5.32 Å². The molecule has 19 heavy (non-hydrogen) atoms. The van der Waals surface area contributed by atoms with Crippen molar-refractivity contribution in [2.75, 3.05) is 26.4 Å². The van der Waals surface area contributed by atoms with Gasteiger partial charge in [-0.25, -0.2) is 0 Å². The Morgan fingerprint density at radius 2 is 2.32 bits per heavy atom. The smallest absolute Gasteiger partial charge is 0.251 e. The molecular formula is C14H17NO4. The van der Waals surface area contributed by atoms with Crippen LogP contribution in [0.15, 0.2) is 18.2 Å². The summed E-state index contributed by atoms with van der Waals surface area (Å²) in [6.45, 7) is 1.73. The summed E-state index contributed by atoms with van der Waals surface area (Å²) in [7, 11) is 0. The van der Waals surface area contributed by atoms with Gasteiger partial charge in [-0.2, -0.15) is 0 Å². The highest BCUT2D eigenvalue weighted by atomic mass is 16.5. The monoisotopic (exact) mass is 263 g/mol. The van der Waals surface area contributed by atoms with E-state index in [1.807, 2.05) is 12.1 Å². The zero-order valence-corrected chi connectivity index (χ0v) is 10.6. The van der Waals surface area contributed by atoms with E-state index in [9.17, 15) is 9.90 Å². The maximum atomic E-state index is 12.0. The van der Waals surface area contributed by atoms with Crippen LogP contribution in [0.3, 0.4) is 0 Å². The van der Waals surface area contributed by atoms with Crippen molar-refractivity contribution < 1.29 is 19.4 Å². The molecule has 1 fully saturated rings. The molecule has 5 nitrogen and oxygen atoms in total. The Morgan fingerprint density at radius 1 is 1.42 bits per heavy atom. The Morgan fingerprint density at radius 3 is 3.11 bits per heavy atom. The molecule has 1 aromatic rings. The number of rotatable bonds is 3. The lowest BCUT2D eigenvalue weighted by atomic mass is 10.0. The summed E-state index contributed by atoms with van der Waals surface area (Å²) >= 11 is 0. The summed E-state index contributed by atoms with van der Waals surface area (Å²) in [6.07, 6.45) is 1.40. The van der Waals surface area contributed by atoms with Crippen molar-refractivity contribution in [3.05, 3.63) is 29.3 Å². The average Bonchev–Trinajstić information content (AvgIpc) is 3.04. The molecule has 102 valence electrons. The van der Waals surface area contributed by atoms with E-state index in [0.717, 1.165) is 17.7 Å². The lowest BCUT2D eigenvalue weighted by Crippen LogP contribution is -2.43. The molecule has 0 spiro atoms. The second kappa shape index (κ2) is 4.83. The van der Waals surface area contributed by atoms with E-state index in [4.69, 9.17) is 9.47 Å². The van der Waals surface area contributed by atoms with Crippen molar-refractivity contribution in [1.29, 1.82) is 0 Å². The highest BCUT2D eigenvalue weighted by Crippen LogP contribution is 2.26. The number of carbonyl (C=O) groups is 1. The molecule has 2 heterocycles. The molecule has 0 bridgehead atoms. The lowest BCUT2D eigenvalue weighted by Gasteiger charge is -2.20. The van der Waals surface area contributed by atoms with Crippen molar-refractivity contribution >= 4 is 5.91 Å². The van der Waals surface area contributed by atoms with E-state index < -0.39 is 5.60 Å². The van der Waals surface area contributed by atoms with Crippen LogP contribution >= 0.6 is 0 Å². The summed E-state index contributed by atoms with van der Waals surface area (Å²) in [5.74, 6) is 0.689. The Labute approximate surface area is 111 Å². The van der Waals surface area contributed by atoms with Crippen molar-refractivity contribution in [2.45, 2.75) is 18.4 Å². The molecule has 0 radical (unpaired) electrons. The van der Waals surface area contributed by atoms with Crippen LogP contribution in [0, 0.1) is 0 Å². The number of benzene rings is 1. The normalized spacial score (nSPS) is 24.9. The Hall–Kier alpha value is -1.59. The van der Waals surface area contributed by atoms with Gasteiger partial charge in [0.05, 0.1) is 13.2 Å². The van der Waals surface area contributed by atoms with E-state index in [1.165, 1.54) is 0 Å². The van der Waals surface area contributed by atoms with Gasteiger partial charge in [0.1, 0.15) is 11.4 Å². The van der Waals surface area contributed by atoms with E-state index in [2.05, 4.69) is 5.32 Å². The van der Waals surface area contributed by atoms with Crippen LogP contribution in [0.2, 0.25) is 0 Å². The van der Waals surface area contributed by atoms with Gasteiger partial charge in [-0.15, -0.1) is 0 Å². The molecule has 1 atom stereocenters. The maximum absolute atomic E-state index is 12.0. The van der Waals surface area contributed by atoms with Crippen LogP contribution in [0.1, 0.15) is 22.3 Å². The molecule has 0 aliphatic carbocycles. The highest BCUT2D eigenvalue weighted by Gasteiger charge is 2.32. The number of aliphatic hydroxyl groups is 1. The van der Waals surface area contributed by atoms with E-state index in [1.54, 1.807) is 6.07 Å². The molecule has 1 aromatic carbocycles. The number of nitrogens with one attached hydrogen (secondary N) is 1. The first-order valence-electron chi connectivity index (χ1n) is 6.50. The molecule has 5 heteroatoms. The zero-order valence-electron chi connectivity index (χ0n) is 10.6. The van der Waals surface area contributed by atoms with Crippen molar-refractivity contribution in [3.63, 3.8) is 0 Å². The van der Waals surface area contributed by atoms with Gasteiger partial charge >= 0.3 is 0 Å². The first-order valence-corrected chi connectivity index (χ1v) is 6.50. The van der Waals surface area contributed by atoms with E-state index in [0.29, 0.717) is 25.2 Å². The van der Waals surface area contributed by atoms with Gasteiger partial charge in [0.2, 0.25) is 0 Å². The fourth-order valence-corrected chi connectivity index (χ4v) is 2.41. The summed E-state index contributed by atoms with van der Waals surface area (Å²) in [5, 5.41) is 12.8. The fraction of sp³-hybridized carbons (Fsp3) is 0.500. The standard InChI is InChI=1S/C14H17NO4/c16-13(15-8-14(17)4-6-18-9-14)11-1-2-12-10(7-11)3-5-19-12/h1-2,7,17H,3-6,8-9H2,(H,15,16). The van der Waals surface area contributed by atoms with Gasteiger partial charge in [0.15, 0.2) is 0 Å². The number of fused-ring (bicyclic) bond motifs is 1. The second-order valence-electron chi connectivity index (χ2n) is 5.13. The fourth-order valence-electron chi connectivity index (χ4n) is 2.41. The number of ether oxygens (including phenoxy) is 2. The number of amides is 1. The minimum absolute atomic E-state index is 0.171. The predicted molar refractivity (Wildman–Crippen MR) is 68.4 cm³/mol. The van der Waals surface area contributed by atoms with Gasteiger partial charge in [-0.05, 0) is 23.8 Å². The molecule has 2 aliphatic rings.